The molecule has 5 heteroatoms. The van der Waals surface area contributed by atoms with Crippen LogP contribution in [0, 0.1) is 5.82 Å². The van der Waals surface area contributed by atoms with Crippen molar-refractivity contribution in [2.75, 3.05) is 13.1 Å². The fraction of sp³-hybridized carbons (Fsp3) is 0.444. The molecule has 0 aromatic carbocycles. The van der Waals surface area contributed by atoms with Crippen molar-refractivity contribution >= 4 is 21.6 Å². The number of hydrogen-bond acceptors (Lipinski definition) is 2. The molecular weight excluding hydrogens is 249 g/mol. The van der Waals surface area contributed by atoms with Crippen LogP contribution in [-0.2, 0) is 0 Å². The second-order valence-corrected chi connectivity index (χ2v) is 4.41. The van der Waals surface area contributed by atoms with E-state index in [1.807, 2.05) is 0 Å². The second kappa shape index (κ2) is 3.56. The van der Waals surface area contributed by atoms with Crippen LogP contribution in [0.4, 0.5) is 10.1 Å². The van der Waals surface area contributed by atoms with Crippen LogP contribution >= 0.6 is 15.9 Å². The van der Waals surface area contributed by atoms with E-state index in [1.165, 1.54) is 6.07 Å². The molecule has 0 unspecified atom stereocenters. The minimum Gasteiger partial charge on any atom is -0.240 e. The molecule has 1 aromatic rings. The zero-order valence-corrected chi connectivity index (χ0v) is 9.30. The fourth-order valence-electron chi connectivity index (χ4n) is 1.81. The first kappa shape index (κ1) is 10.0. The Labute approximate surface area is 90.4 Å². The normalized spacial score (nSPS) is 19.9. The molecule has 0 radical (unpaired) electrons. The summed E-state index contributed by atoms with van der Waals surface area (Å²) in [6.45, 7) is 1.73. The first-order chi connectivity index (χ1) is 6.62. The summed E-state index contributed by atoms with van der Waals surface area (Å²) in [6.07, 6.45) is 3.82. The van der Waals surface area contributed by atoms with Crippen LogP contribution in [0.15, 0.2) is 16.9 Å². The quantitative estimate of drug-likeness (QED) is 0.477. The molecule has 14 heavy (non-hydrogen) atoms. The van der Waals surface area contributed by atoms with E-state index >= 15 is 0 Å². The van der Waals surface area contributed by atoms with E-state index in [-0.39, 0.29) is 10.4 Å². The molecule has 0 spiro atoms. The number of halogens is 2. The van der Waals surface area contributed by atoms with E-state index < -0.39 is 0 Å². The fourth-order valence-corrected chi connectivity index (χ4v) is 2.03. The third kappa shape index (κ3) is 1.67. The number of rotatable bonds is 1. The van der Waals surface area contributed by atoms with Gasteiger partial charge in [-0.2, -0.15) is 5.84 Å². The van der Waals surface area contributed by atoms with Gasteiger partial charge in [-0.05, 0) is 15.9 Å². The van der Waals surface area contributed by atoms with Gasteiger partial charge in [-0.15, -0.1) is 0 Å². The van der Waals surface area contributed by atoms with Crippen LogP contribution in [-0.4, -0.2) is 18.1 Å². The Morgan fingerprint density at radius 2 is 2.07 bits per heavy atom. The lowest BCUT2D eigenvalue weighted by Gasteiger charge is -2.26. The van der Waals surface area contributed by atoms with Crippen molar-refractivity contribution in [3.05, 3.63) is 22.7 Å². The molecule has 1 aliphatic heterocycles. The third-order valence-corrected chi connectivity index (χ3v) is 3.24. The van der Waals surface area contributed by atoms with Gasteiger partial charge in [0.25, 0.3) is 0 Å². The van der Waals surface area contributed by atoms with Gasteiger partial charge >= 0.3 is 0 Å². The zero-order valence-electron chi connectivity index (χ0n) is 7.71. The highest BCUT2D eigenvalue weighted by Gasteiger charge is 2.32. The predicted molar refractivity (Wildman–Crippen MR) is 56.8 cm³/mol. The van der Waals surface area contributed by atoms with Gasteiger partial charge in [-0.1, -0.05) is 0 Å². The van der Waals surface area contributed by atoms with Crippen molar-refractivity contribution in [2.24, 2.45) is 5.84 Å². The Bertz CT molecular complexity index is 350. The molecule has 1 fully saturated rings. The molecule has 1 aromatic heterocycles. The number of nitrogens with two attached hydrogens (primary N) is 1. The van der Waals surface area contributed by atoms with Crippen LogP contribution in [0.5, 0.6) is 0 Å². The van der Waals surface area contributed by atoms with E-state index in [0.717, 1.165) is 31.6 Å². The van der Waals surface area contributed by atoms with Gasteiger partial charge in [-0.25, -0.2) is 14.0 Å². The Morgan fingerprint density at radius 1 is 1.43 bits per heavy atom. The second-order valence-electron chi connectivity index (χ2n) is 3.65. The number of aromatic nitrogens is 1. The summed E-state index contributed by atoms with van der Waals surface area (Å²) in [6, 6.07) is 1.46. The van der Waals surface area contributed by atoms with Gasteiger partial charge < -0.3 is 0 Å². The van der Waals surface area contributed by atoms with Crippen LogP contribution in [0.25, 0.3) is 0 Å². The largest absolute Gasteiger partial charge is 0.240 e. The molecule has 2 heterocycles. The van der Waals surface area contributed by atoms with E-state index in [1.54, 1.807) is 6.20 Å². The third-order valence-electron chi connectivity index (χ3n) is 2.66. The minimum absolute atomic E-state index is 0.243. The first-order valence-electron chi connectivity index (χ1n) is 4.59. The molecule has 0 atom stereocenters. The van der Waals surface area contributed by atoms with Gasteiger partial charge in [0.15, 0.2) is 11.5 Å². The summed E-state index contributed by atoms with van der Waals surface area (Å²) in [5.41, 5.74) is 0.753. The Balaban J connectivity index is 2.36. The van der Waals surface area contributed by atoms with Crippen molar-refractivity contribution in [2.45, 2.75) is 12.8 Å². The molecule has 0 amide bonds. The van der Waals surface area contributed by atoms with Crippen molar-refractivity contribution in [1.82, 2.24) is 9.58 Å². The number of quaternary nitrogens is 1. The van der Waals surface area contributed by atoms with E-state index in [0.29, 0.717) is 4.59 Å². The van der Waals surface area contributed by atoms with Crippen molar-refractivity contribution < 1.29 is 4.39 Å². The van der Waals surface area contributed by atoms with E-state index in [4.69, 9.17) is 5.84 Å². The van der Waals surface area contributed by atoms with Gasteiger partial charge in [0.2, 0.25) is 0 Å². The molecule has 76 valence electrons. The molecule has 0 saturated carbocycles. The smallest absolute Gasteiger partial charge is 0.173 e. The molecule has 3 nitrogen and oxygen atoms in total. The Morgan fingerprint density at radius 3 is 2.64 bits per heavy atom. The molecule has 0 aliphatic carbocycles. The molecule has 2 N–H and O–H groups in total. The Hall–Kier alpha value is -0.520. The maximum Gasteiger partial charge on any atom is 0.173 e. The molecular formula is C9H12BrFN3+. The summed E-state index contributed by atoms with van der Waals surface area (Å²) in [5.74, 6) is 5.77. The highest BCUT2D eigenvalue weighted by Crippen LogP contribution is 2.26. The van der Waals surface area contributed by atoms with Crippen molar-refractivity contribution in [1.29, 1.82) is 0 Å². The number of pyridine rings is 1. The highest BCUT2D eigenvalue weighted by molar-refractivity contribution is 9.10. The maximum absolute atomic E-state index is 13.2. The zero-order chi connectivity index (χ0) is 10.2. The van der Waals surface area contributed by atoms with Crippen LogP contribution in [0.2, 0.25) is 0 Å². The summed E-state index contributed by atoms with van der Waals surface area (Å²) >= 11 is 3.02. The topological polar surface area (TPSA) is 38.9 Å². The molecule has 2 rings (SSSR count). The summed E-state index contributed by atoms with van der Waals surface area (Å²) < 4.78 is 13.8. The van der Waals surface area contributed by atoms with Gasteiger partial charge in [0, 0.05) is 18.9 Å². The highest BCUT2D eigenvalue weighted by atomic mass is 79.9. The SMILES string of the molecule is N[N+]1(c2cnc(Br)c(F)c2)CCCC1. The minimum atomic E-state index is -0.350. The predicted octanol–water partition coefficient (Wildman–Crippen LogP) is 1.96. The summed E-state index contributed by atoms with van der Waals surface area (Å²) in [4.78, 5) is 3.91. The lowest BCUT2D eigenvalue weighted by atomic mass is 10.3. The van der Waals surface area contributed by atoms with Crippen LogP contribution < -0.4 is 10.4 Å². The molecule has 1 aliphatic rings. The van der Waals surface area contributed by atoms with Crippen LogP contribution in [0.1, 0.15) is 12.8 Å². The maximum atomic E-state index is 13.2. The van der Waals surface area contributed by atoms with E-state index in [2.05, 4.69) is 20.9 Å². The molecule has 1 saturated heterocycles. The van der Waals surface area contributed by atoms with Crippen LogP contribution in [0.3, 0.4) is 0 Å². The number of hydrogen-bond donors (Lipinski definition) is 1. The monoisotopic (exact) mass is 260 g/mol. The van der Waals surface area contributed by atoms with Gasteiger partial charge in [0.05, 0.1) is 6.20 Å². The lowest BCUT2D eigenvalue weighted by Crippen LogP contribution is -2.53. The standard InChI is InChI=1S/C9H12BrFN3/c10-9-8(11)5-7(6-13-9)14(12)3-1-2-4-14/h5-6H,1-4,12H2/q+1. The van der Waals surface area contributed by atoms with Crippen molar-refractivity contribution in [3.63, 3.8) is 0 Å². The molecule has 0 bridgehead atoms. The number of nitrogens with zero attached hydrogens (tertiary/aromatic N) is 2. The van der Waals surface area contributed by atoms with Gasteiger partial charge in [0.1, 0.15) is 17.7 Å². The first-order valence-corrected chi connectivity index (χ1v) is 5.38. The average molecular weight is 261 g/mol. The Kier molecular flexibility index (Phi) is 2.55. The van der Waals surface area contributed by atoms with E-state index in [9.17, 15) is 4.39 Å². The summed E-state index contributed by atoms with van der Waals surface area (Å²) in [5, 5.41) is 0. The van der Waals surface area contributed by atoms with Crippen molar-refractivity contribution in [3.8, 4) is 0 Å². The van der Waals surface area contributed by atoms with Gasteiger partial charge in [-0.3, -0.25) is 0 Å². The summed E-state index contributed by atoms with van der Waals surface area (Å²) in [7, 11) is 0. The average Bonchev–Trinajstić information content (AvgIpc) is 2.58. The lowest BCUT2D eigenvalue weighted by molar-refractivity contribution is 0.344.